The number of carbonyl (C=O) groups is 1. The molecule has 2 aromatic rings. The Balaban J connectivity index is 0.000000330. The number of aromatic carboxylic acids is 1. The maximum Gasteiger partial charge on any atom is 0.339 e. The number of nitrogens with zero attached hydrogens (tertiary/aromatic N) is 5. The molecule has 0 atom stereocenters. The Morgan fingerprint density at radius 2 is 1.68 bits per heavy atom. The van der Waals surface area contributed by atoms with Crippen LogP contribution in [0.5, 0.6) is 5.75 Å². The second-order valence-corrected chi connectivity index (χ2v) is 7.78. The number of para-hydroxylation sites is 1. The van der Waals surface area contributed by atoms with Crippen LogP contribution in [0, 0.1) is 0 Å². The summed E-state index contributed by atoms with van der Waals surface area (Å²) in [5.41, 5.74) is 1.09. The average Bonchev–Trinajstić information content (AvgIpc) is 2.80. The van der Waals surface area contributed by atoms with Gasteiger partial charge in [0.15, 0.2) is 0 Å². The number of carboxylic acid groups (broad SMARTS) is 1. The molecule has 0 bridgehead atoms. The Bertz CT molecular complexity index is 864. The van der Waals surface area contributed by atoms with Gasteiger partial charge in [-0.05, 0) is 26.2 Å². The number of rotatable bonds is 4. The predicted octanol–water partition coefficient (Wildman–Crippen LogP) is 1.12. The molecule has 2 N–H and O–H groups in total. The van der Waals surface area contributed by atoms with Crippen molar-refractivity contribution in [2.45, 2.75) is 0 Å². The van der Waals surface area contributed by atoms with Gasteiger partial charge in [-0.25, -0.2) is 14.8 Å². The molecule has 168 valence electrons. The lowest BCUT2D eigenvalue weighted by Crippen LogP contribution is -2.45. The summed E-state index contributed by atoms with van der Waals surface area (Å²) < 4.78 is 5.36. The third kappa shape index (κ3) is 6.13. The van der Waals surface area contributed by atoms with E-state index >= 15 is 0 Å². The first-order chi connectivity index (χ1) is 15.0. The van der Waals surface area contributed by atoms with Crippen LogP contribution in [0.4, 0.5) is 5.95 Å². The Hall–Kier alpha value is -2.75. The first-order valence-corrected chi connectivity index (χ1v) is 10.6. The molecule has 9 heteroatoms. The molecule has 2 aliphatic rings. The molecule has 0 aliphatic carbocycles. The number of anilines is 1. The van der Waals surface area contributed by atoms with Gasteiger partial charge in [-0.3, -0.25) is 0 Å². The predicted molar refractivity (Wildman–Crippen MR) is 121 cm³/mol. The van der Waals surface area contributed by atoms with Gasteiger partial charge in [0.05, 0.1) is 12.8 Å². The van der Waals surface area contributed by atoms with Crippen LogP contribution in [-0.2, 0) is 0 Å². The molecule has 3 heterocycles. The quantitative estimate of drug-likeness (QED) is 0.743. The summed E-state index contributed by atoms with van der Waals surface area (Å²) in [7, 11) is 5.79. The summed E-state index contributed by atoms with van der Waals surface area (Å²) in [5.74, 6) is 0.0814. The van der Waals surface area contributed by atoms with E-state index in [9.17, 15) is 9.90 Å². The van der Waals surface area contributed by atoms with Crippen LogP contribution >= 0.6 is 0 Å². The molecule has 1 aromatic carbocycles. The highest BCUT2D eigenvalue weighted by Gasteiger charge is 2.22. The highest BCUT2D eigenvalue weighted by atomic mass is 16.5. The van der Waals surface area contributed by atoms with E-state index in [1.54, 1.807) is 19.2 Å². The second-order valence-electron chi connectivity index (χ2n) is 7.78. The molecule has 31 heavy (non-hydrogen) atoms. The molecule has 1 aromatic heterocycles. The molecular formula is C22H32N6O3. The Morgan fingerprint density at radius 1 is 1.03 bits per heavy atom. The maximum atomic E-state index is 11.6. The largest absolute Gasteiger partial charge is 0.496 e. The molecule has 2 saturated heterocycles. The lowest BCUT2D eigenvalue weighted by molar-refractivity contribution is 0.0697. The van der Waals surface area contributed by atoms with Gasteiger partial charge in [-0.1, -0.05) is 12.1 Å². The minimum Gasteiger partial charge on any atom is -0.496 e. The van der Waals surface area contributed by atoms with Crippen molar-refractivity contribution >= 4 is 11.9 Å². The van der Waals surface area contributed by atoms with Crippen molar-refractivity contribution in [3.63, 3.8) is 0 Å². The Morgan fingerprint density at radius 3 is 2.26 bits per heavy atom. The van der Waals surface area contributed by atoms with Crippen LogP contribution in [0.2, 0.25) is 0 Å². The molecule has 0 unspecified atom stereocenters. The van der Waals surface area contributed by atoms with E-state index < -0.39 is 5.97 Å². The summed E-state index contributed by atoms with van der Waals surface area (Å²) in [5, 5.41) is 12.8. The average molecular weight is 429 g/mol. The number of piperazine rings is 2. The molecule has 2 aliphatic heterocycles. The van der Waals surface area contributed by atoms with Crippen LogP contribution < -0.4 is 15.0 Å². The summed E-state index contributed by atoms with van der Waals surface area (Å²) in [4.78, 5) is 27.0. The SMILES string of the molecule is CN1CCNCC1.COc1ccccc1-c1nc(N2CCN(C)CC2)ncc1C(=O)O. The summed E-state index contributed by atoms with van der Waals surface area (Å²) in [6.07, 6.45) is 1.38. The fourth-order valence-electron chi connectivity index (χ4n) is 3.51. The number of hydrogen-bond acceptors (Lipinski definition) is 8. The van der Waals surface area contributed by atoms with E-state index in [2.05, 4.69) is 44.1 Å². The minimum absolute atomic E-state index is 0.0670. The lowest BCUT2D eigenvalue weighted by atomic mass is 10.1. The first-order valence-electron chi connectivity index (χ1n) is 10.6. The van der Waals surface area contributed by atoms with Gasteiger partial charge >= 0.3 is 5.97 Å². The van der Waals surface area contributed by atoms with E-state index in [1.807, 2.05) is 12.1 Å². The lowest BCUT2D eigenvalue weighted by Gasteiger charge is -2.32. The van der Waals surface area contributed by atoms with E-state index in [1.165, 1.54) is 19.3 Å². The van der Waals surface area contributed by atoms with Crippen LogP contribution in [-0.4, -0.2) is 104 Å². The monoisotopic (exact) mass is 428 g/mol. The number of likely N-dealkylation sites (N-methyl/N-ethyl adjacent to an activating group) is 2. The number of benzene rings is 1. The van der Waals surface area contributed by atoms with Gasteiger partial charge in [0.2, 0.25) is 5.95 Å². The smallest absolute Gasteiger partial charge is 0.339 e. The van der Waals surface area contributed by atoms with Gasteiger partial charge in [0, 0.05) is 64.1 Å². The van der Waals surface area contributed by atoms with Crippen molar-refractivity contribution in [3.05, 3.63) is 36.0 Å². The van der Waals surface area contributed by atoms with E-state index in [0.29, 0.717) is 23.0 Å². The van der Waals surface area contributed by atoms with Crippen LogP contribution in [0.15, 0.2) is 30.5 Å². The number of methoxy groups -OCH3 is 1. The highest BCUT2D eigenvalue weighted by Crippen LogP contribution is 2.31. The molecule has 0 radical (unpaired) electrons. The van der Waals surface area contributed by atoms with E-state index in [4.69, 9.17) is 4.74 Å². The Kier molecular flexibility index (Phi) is 8.16. The highest BCUT2D eigenvalue weighted by molar-refractivity contribution is 5.95. The van der Waals surface area contributed by atoms with Gasteiger partial charge in [0.25, 0.3) is 0 Å². The maximum absolute atomic E-state index is 11.6. The Labute approximate surface area is 183 Å². The molecule has 2 fully saturated rings. The van der Waals surface area contributed by atoms with Crippen molar-refractivity contribution in [2.75, 3.05) is 78.5 Å². The molecule has 9 nitrogen and oxygen atoms in total. The molecular weight excluding hydrogens is 396 g/mol. The first kappa shape index (κ1) is 22.9. The fourth-order valence-corrected chi connectivity index (χ4v) is 3.51. The van der Waals surface area contributed by atoms with Crippen LogP contribution in [0.1, 0.15) is 10.4 Å². The number of hydrogen-bond donors (Lipinski definition) is 2. The summed E-state index contributed by atoms with van der Waals surface area (Å²) in [6, 6.07) is 7.27. The minimum atomic E-state index is -1.05. The van der Waals surface area contributed by atoms with Crippen LogP contribution in [0.25, 0.3) is 11.3 Å². The summed E-state index contributed by atoms with van der Waals surface area (Å²) in [6.45, 7) is 8.22. The van der Waals surface area contributed by atoms with Crippen molar-refractivity contribution in [3.8, 4) is 17.0 Å². The number of nitrogens with one attached hydrogen (secondary N) is 1. The zero-order valence-electron chi connectivity index (χ0n) is 18.5. The molecule has 0 saturated carbocycles. The number of carboxylic acids is 1. The third-order valence-electron chi connectivity index (χ3n) is 5.50. The molecule has 0 amide bonds. The van der Waals surface area contributed by atoms with Gasteiger partial charge in [0.1, 0.15) is 11.3 Å². The van der Waals surface area contributed by atoms with Crippen LogP contribution in [0.3, 0.4) is 0 Å². The topological polar surface area (TPSA) is 94.1 Å². The zero-order chi connectivity index (χ0) is 22.2. The molecule has 0 spiro atoms. The van der Waals surface area contributed by atoms with E-state index in [-0.39, 0.29) is 5.56 Å². The van der Waals surface area contributed by atoms with Gasteiger partial charge in [-0.2, -0.15) is 0 Å². The van der Waals surface area contributed by atoms with Crippen molar-refractivity contribution in [2.24, 2.45) is 0 Å². The van der Waals surface area contributed by atoms with E-state index in [0.717, 1.165) is 39.3 Å². The van der Waals surface area contributed by atoms with Crippen molar-refractivity contribution in [1.82, 2.24) is 25.1 Å². The normalized spacial score (nSPS) is 17.6. The summed E-state index contributed by atoms with van der Waals surface area (Å²) >= 11 is 0. The van der Waals surface area contributed by atoms with Gasteiger partial charge in [-0.15, -0.1) is 0 Å². The van der Waals surface area contributed by atoms with Crippen molar-refractivity contribution < 1.29 is 14.6 Å². The second kappa shape index (κ2) is 11.0. The number of aromatic nitrogens is 2. The fraction of sp³-hybridized carbons (Fsp3) is 0.500. The zero-order valence-corrected chi connectivity index (χ0v) is 18.5. The standard InChI is InChI=1S/C17H20N4O3.C5H12N2/c1-20-7-9-21(10-8-20)17-18-11-13(16(22)23)15(19-17)12-5-3-4-6-14(12)24-2;1-7-4-2-6-3-5-7/h3-6,11H,7-10H2,1-2H3,(H,22,23);6H,2-5H2,1H3. The van der Waals surface area contributed by atoms with Crippen molar-refractivity contribution in [1.29, 1.82) is 0 Å². The van der Waals surface area contributed by atoms with Gasteiger partial charge < -0.3 is 29.9 Å². The third-order valence-corrected chi connectivity index (χ3v) is 5.50. The number of ether oxygens (including phenoxy) is 1. The molecule has 4 rings (SSSR count).